The fourth-order valence-corrected chi connectivity index (χ4v) is 3.68. The molecule has 128 valence electrons. The molecule has 1 aliphatic heterocycles. The SMILES string of the molecule is CC(C)(CNC(=O)NC1CCc2nc[nH]c2C1)CN1CCCC1. The Morgan fingerprint density at radius 2 is 2.22 bits per heavy atom. The van der Waals surface area contributed by atoms with Gasteiger partial charge < -0.3 is 20.5 Å². The van der Waals surface area contributed by atoms with Crippen molar-refractivity contribution in [3.63, 3.8) is 0 Å². The van der Waals surface area contributed by atoms with Gasteiger partial charge >= 0.3 is 6.03 Å². The summed E-state index contributed by atoms with van der Waals surface area (Å²) in [4.78, 5) is 22.2. The number of hydrogen-bond donors (Lipinski definition) is 3. The summed E-state index contributed by atoms with van der Waals surface area (Å²) in [5, 5.41) is 6.16. The number of carbonyl (C=O) groups excluding carboxylic acids is 1. The van der Waals surface area contributed by atoms with Gasteiger partial charge in [0.1, 0.15) is 0 Å². The summed E-state index contributed by atoms with van der Waals surface area (Å²) in [6.07, 6.45) is 7.10. The highest BCUT2D eigenvalue weighted by atomic mass is 16.2. The summed E-state index contributed by atoms with van der Waals surface area (Å²) < 4.78 is 0. The molecule has 0 aromatic carbocycles. The maximum atomic E-state index is 12.2. The van der Waals surface area contributed by atoms with E-state index in [4.69, 9.17) is 0 Å². The van der Waals surface area contributed by atoms with Crippen molar-refractivity contribution in [1.29, 1.82) is 0 Å². The van der Waals surface area contributed by atoms with Crippen LogP contribution in [0.4, 0.5) is 4.79 Å². The van der Waals surface area contributed by atoms with E-state index in [1.54, 1.807) is 6.33 Å². The van der Waals surface area contributed by atoms with Crippen LogP contribution in [-0.2, 0) is 12.8 Å². The normalized spacial score (nSPS) is 21.9. The summed E-state index contributed by atoms with van der Waals surface area (Å²) in [5.41, 5.74) is 2.41. The Balaban J connectivity index is 1.41. The second kappa shape index (κ2) is 6.91. The van der Waals surface area contributed by atoms with E-state index in [-0.39, 0.29) is 17.5 Å². The maximum absolute atomic E-state index is 12.2. The van der Waals surface area contributed by atoms with Gasteiger partial charge in [0.05, 0.1) is 12.0 Å². The first kappa shape index (κ1) is 16.3. The molecule has 1 saturated heterocycles. The molecule has 1 unspecified atom stereocenters. The predicted octanol–water partition coefficient (Wildman–Crippen LogP) is 1.69. The van der Waals surface area contributed by atoms with Crippen LogP contribution < -0.4 is 10.6 Å². The van der Waals surface area contributed by atoms with Crippen LogP contribution in [0.25, 0.3) is 0 Å². The molecule has 6 heteroatoms. The molecular formula is C17H29N5O. The smallest absolute Gasteiger partial charge is 0.315 e. The standard InChI is InChI=1S/C17H29N5O/c1-17(2,11-22-7-3-4-8-22)10-18-16(23)21-13-5-6-14-15(9-13)20-12-19-14/h12-13H,3-11H2,1-2H3,(H,19,20)(H2,18,21,23). The second-order valence-electron chi connectivity index (χ2n) is 7.74. The van der Waals surface area contributed by atoms with Gasteiger partial charge in [-0.05, 0) is 44.2 Å². The zero-order chi connectivity index (χ0) is 16.3. The number of amides is 2. The average Bonchev–Trinajstić information content (AvgIpc) is 3.15. The van der Waals surface area contributed by atoms with E-state index < -0.39 is 0 Å². The van der Waals surface area contributed by atoms with Crippen LogP contribution in [0.15, 0.2) is 6.33 Å². The monoisotopic (exact) mass is 319 g/mol. The van der Waals surface area contributed by atoms with Crippen LogP contribution in [0.5, 0.6) is 0 Å². The lowest BCUT2D eigenvalue weighted by atomic mass is 9.92. The second-order valence-corrected chi connectivity index (χ2v) is 7.74. The predicted molar refractivity (Wildman–Crippen MR) is 90.4 cm³/mol. The average molecular weight is 319 g/mol. The van der Waals surface area contributed by atoms with Crippen molar-refractivity contribution in [1.82, 2.24) is 25.5 Å². The topological polar surface area (TPSA) is 73.0 Å². The molecule has 0 radical (unpaired) electrons. The van der Waals surface area contributed by atoms with E-state index in [2.05, 4.69) is 39.3 Å². The number of nitrogens with one attached hydrogen (secondary N) is 3. The Morgan fingerprint density at radius 1 is 1.43 bits per heavy atom. The number of rotatable bonds is 5. The zero-order valence-electron chi connectivity index (χ0n) is 14.3. The highest BCUT2D eigenvalue weighted by Gasteiger charge is 2.26. The van der Waals surface area contributed by atoms with Crippen molar-refractivity contribution in [2.45, 2.75) is 52.0 Å². The molecular weight excluding hydrogens is 290 g/mol. The minimum atomic E-state index is -0.0486. The first-order valence-corrected chi connectivity index (χ1v) is 8.80. The van der Waals surface area contributed by atoms with Gasteiger partial charge in [-0.2, -0.15) is 0 Å². The molecule has 0 spiro atoms. The highest BCUT2D eigenvalue weighted by Crippen LogP contribution is 2.20. The number of fused-ring (bicyclic) bond motifs is 1. The van der Waals surface area contributed by atoms with Crippen molar-refractivity contribution in [2.75, 3.05) is 26.2 Å². The lowest BCUT2D eigenvalue weighted by molar-refractivity contribution is 0.196. The van der Waals surface area contributed by atoms with E-state index in [9.17, 15) is 4.79 Å². The molecule has 1 aliphatic carbocycles. The van der Waals surface area contributed by atoms with Crippen molar-refractivity contribution >= 4 is 6.03 Å². The number of H-pyrrole nitrogens is 1. The summed E-state index contributed by atoms with van der Waals surface area (Å²) in [6.45, 7) is 8.60. The molecule has 1 aromatic heterocycles. The van der Waals surface area contributed by atoms with Crippen LogP contribution in [0.1, 0.15) is 44.5 Å². The zero-order valence-corrected chi connectivity index (χ0v) is 14.3. The largest absolute Gasteiger partial charge is 0.348 e. The molecule has 0 bridgehead atoms. The molecule has 6 nitrogen and oxygen atoms in total. The summed E-state index contributed by atoms with van der Waals surface area (Å²) in [5.74, 6) is 0. The van der Waals surface area contributed by atoms with Gasteiger partial charge in [-0.3, -0.25) is 0 Å². The van der Waals surface area contributed by atoms with Gasteiger partial charge in [-0.1, -0.05) is 13.8 Å². The van der Waals surface area contributed by atoms with Crippen molar-refractivity contribution in [3.8, 4) is 0 Å². The molecule has 2 amide bonds. The molecule has 1 atom stereocenters. The molecule has 3 rings (SSSR count). The molecule has 1 fully saturated rings. The van der Waals surface area contributed by atoms with Crippen LogP contribution in [0, 0.1) is 5.41 Å². The number of aromatic amines is 1. The quantitative estimate of drug-likeness (QED) is 0.773. The van der Waals surface area contributed by atoms with Gasteiger partial charge in [-0.15, -0.1) is 0 Å². The van der Waals surface area contributed by atoms with Crippen molar-refractivity contribution in [2.24, 2.45) is 5.41 Å². The lowest BCUT2D eigenvalue weighted by Gasteiger charge is -2.31. The van der Waals surface area contributed by atoms with E-state index in [0.29, 0.717) is 6.54 Å². The van der Waals surface area contributed by atoms with E-state index in [0.717, 1.165) is 37.2 Å². The van der Waals surface area contributed by atoms with Crippen LogP contribution in [-0.4, -0.2) is 53.1 Å². The number of aromatic nitrogens is 2. The number of likely N-dealkylation sites (tertiary alicyclic amines) is 1. The van der Waals surface area contributed by atoms with Gasteiger partial charge in [-0.25, -0.2) is 9.78 Å². The van der Waals surface area contributed by atoms with Gasteiger partial charge in [0.2, 0.25) is 0 Å². The number of imidazole rings is 1. The Bertz CT molecular complexity index is 533. The van der Waals surface area contributed by atoms with E-state index in [1.807, 2.05) is 0 Å². The lowest BCUT2D eigenvalue weighted by Crippen LogP contribution is -2.48. The molecule has 2 aliphatic rings. The molecule has 3 N–H and O–H groups in total. The van der Waals surface area contributed by atoms with Crippen LogP contribution in [0.3, 0.4) is 0 Å². The Kier molecular flexibility index (Phi) is 4.90. The Morgan fingerprint density at radius 3 is 3.00 bits per heavy atom. The van der Waals surface area contributed by atoms with Gasteiger partial charge in [0, 0.05) is 31.2 Å². The fourth-order valence-electron chi connectivity index (χ4n) is 3.68. The van der Waals surface area contributed by atoms with Crippen LogP contribution >= 0.6 is 0 Å². The van der Waals surface area contributed by atoms with E-state index >= 15 is 0 Å². The third-order valence-electron chi connectivity index (χ3n) is 4.90. The number of aryl methyl sites for hydroxylation is 1. The Labute approximate surface area is 138 Å². The Hall–Kier alpha value is -1.56. The number of carbonyl (C=O) groups is 1. The highest BCUT2D eigenvalue weighted by molar-refractivity contribution is 5.74. The third kappa shape index (κ3) is 4.47. The minimum absolute atomic E-state index is 0.0486. The number of hydrogen-bond acceptors (Lipinski definition) is 3. The van der Waals surface area contributed by atoms with Crippen molar-refractivity contribution < 1.29 is 4.79 Å². The molecule has 2 heterocycles. The minimum Gasteiger partial charge on any atom is -0.348 e. The van der Waals surface area contributed by atoms with Gasteiger partial charge in [0.15, 0.2) is 0 Å². The summed E-state index contributed by atoms with van der Waals surface area (Å²) in [6, 6.07) is 0.150. The first-order valence-electron chi connectivity index (χ1n) is 8.80. The van der Waals surface area contributed by atoms with Crippen LogP contribution in [0.2, 0.25) is 0 Å². The third-order valence-corrected chi connectivity index (χ3v) is 4.90. The fraction of sp³-hybridized carbons (Fsp3) is 0.765. The molecule has 0 saturated carbocycles. The van der Waals surface area contributed by atoms with Crippen molar-refractivity contribution in [3.05, 3.63) is 17.7 Å². The van der Waals surface area contributed by atoms with Gasteiger partial charge in [0.25, 0.3) is 0 Å². The maximum Gasteiger partial charge on any atom is 0.315 e. The summed E-state index contributed by atoms with van der Waals surface area (Å²) in [7, 11) is 0. The molecule has 23 heavy (non-hydrogen) atoms. The first-order chi connectivity index (χ1) is 11.0. The number of urea groups is 1. The number of nitrogens with zero attached hydrogens (tertiary/aromatic N) is 2. The molecule has 1 aromatic rings. The summed E-state index contributed by atoms with van der Waals surface area (Å²) >= 11 is 0. The van der Waals surface area contributed by atoms with E-state index in [1.165, 1.54) is 25.9 Å².